The van der Waals surface area contributed by atoms with Crippen LogP contribution in [0.5, 0.6) is 0 Å². The van der Waals surface area contributed by atoms with E-state index in [0.29, 0.717) is 17.1 Å². The van der Waals surface area contributed by atoms with E-state index in [0.717, 1.165) is 37.7 Å². The van der Waals surface area contributed by atoms with E-state index in [1.807, 2.05) is 41.2 Å². The molecule has 1 aromatic heterocycles. The zero-order valence-corrected chi connectivity index (χ0v) is 15.2. The van der Waals surface area contributed by atoms with E-state index in [1.54, 1.807) is 0 Å². The highest BCUT2D eigenvalue weighted by molar-refractivity contribution is 7.14. The highest BCUT2D eigenvalue weighted by Crippen LogP contribution is 2.31. The molecule has 1 heterocycles. The van der Waals surface area contributed by atoms with Gasteiger partial charge in [-0.1, -0.05) is 43.7 Å². The summed E-state index contributed by atoms with van der Waals surface area (Å²) in [5.41, 5.74) is 8.32. The Bertz CT molecular complexity index is 715. The summed E-state index contributed by atoms with van der Waals surface area (Å²) in [7, 11) is 2.35. The van der Waals surface area contributed by atoms with Crippen LogP contribution < -0.4 is 5.73 Å². The van der Waals surface area contributed by atoms with Gasteiger partial charge in [-0.3, -0.25) is 4.76 Å². The molecule has 0 fully saturated rings. The Balaban J connectivity index is 2.34. The molecule has 0 aliphatic carbocycles. The first-order chi connectivity index (χ1) is 11.7. The van der Waals surface area contributed by atoms with Crippen LogP contribution in [0.15, 0.2) is 35.1 Å². The second-order valence-electron chi connectivity index (χ2n) is 5.74. The summed E-state index contributed by atoms with van der Waals surface area (Å²) in [6.07, 6.45) is 6.85. The molecule has 0 amide bonds. The van der Waals surface area contributed by atoms with Crippen LogP contribution in [-0.2, 0) is 0 Å². The Kier molecular flexibility index (Phi) is 6.96. The fourth-order valence-electron chi connectivity index (χ4n) is 2.88. The van der Waals surface area contributed by atoms with Gasteiger partial charge in [0, 0.05) is 11.8 Å². The molecule has 24 heavy (non-hydrogen) atoms. The van der Waals surface area contributed by atoms with Crippen molar-refractivity contribution in [3.8, 4) is 17.3 Å². The van der Waals surface area contributed by atoms with Gasteiger partial charge in [0.1, 0.15) is 23.1 Å². The molecule has 0 aliphatic rings. The predicted molar refractivity (Wildman–Crippen MR) is 103 cm³/mol. The van der Waals surface area contributed by atoms with Crippen LogP contribution in [0.1, 0.15) is 50.6 Å². The number of hydrogen-bond acceptors (Lipinski definition) is 4. The van der Waals surface area contributed by atoms with E-state index in [9.17, 15) is 5.26 Å². The summed E-state index contributed by atoms with van der Waals surface area (Å²) >= 11 is 0. The van der Waals surface area contributed by atoms with Gasteiger partial charge in [-0.05, 0) is 35.1 Å². The van der Waals surface area contributed by atoms with Crippen LogP contribution in [0.25, 0.3) is 11.3 Å². The fourth-order valence-corrected chi connectivity index (χ4v) is 3.02. The predicted octanol–water partition coefficient (Wildman–Crippen LogP) is 4.38. The number of anilines is 1. The minimum absolute atomic E-state index is 0.206. The molecule has 2 N–H and O–H groups in total. The van der Waals surface area contributed by atoms with E-state index in [1.165, 1.54) is 0 Å². The third kappa shape index (κ3) is 4.21. The van der Waals surface area contributed by atoms with Crippen molar-refractivity contribution < 1.29 is 0 Å². The SMILES string of the molecule is CCCC(CCC/C=N/P)n1nc(-c2ccccc2)c(C#N)c1N. The zero-order chi connectivity index (χ0) is 17.4. The zero-order valence-electron chi connectivity index (χ0n) is 14.0. The van der Waals surface area contributed by atoms with Crippen molar-refractivity contribution in [1.82, 2.24) is 9.78 Å². The van der Waals surface area contributed by atoms with E-state index in [-0.39, 0.29) is 6.04 Å². The van der Waals surface area contributed by atoms with Crippen molar-refractivity contribution in [3.05, 3.63) is 35.9 Å². The Hall–Kier alpha value is -2.18. The van der Waals surface area contributed by atoms with Crippen molar-refractivity contribution in [3.63, 3.8) is 0 Å². The Morgan fingerprint density at radius 2 is 2.12 bits per heavy atom. The Morgan fingerprint density at radius 1 is 1.38 bits per heavy atom. The lowest BCUT2D eigenvalue weighted by Crippen LogP contribution is -2.14. The maximum Gasteiger partial charge on any atom is 0.140 e. The molecule has 0 radical (unpaired) electrons. The van der Waals surface area contributed by atoms with E-state index >= 15 is 0 Å². The van der Waals surface area contributed by atoms with Gasteiger partial charge in [0.25, 0.3) is 0 Å². The number of nitrogens with zero attached hydrogens (tertiary/aromatic N) is 4. The number of rotatable bonds is 8. The van der Waals surface area contributed by atoms with Gasteiger partial charge in [0.2, 0.25) is 0 Å². The van der Waals surface area contributed by atoms with Crippen LogP contribution in [0.3, 0.4) is 0 Å². The molecule has 0 bridgehead atoms. The van der Waals surface area contributed by atoms with Crippen LogP contribution >= 0.6 is 9.39 Å². The smallest absolute Gasteiger partial charge is 0.140 e. The normalized spacial score (nSPS) is 12.4. The maximum absolute atomic E-state index is 9.53. The summed E-state index contributed by atoms with van der Waals surface area (Å²) in [6.45, 7) is 2.15. The Labute approximate surface area is 145 Å². The molecule has 1 aromatic carbocycles. The quantitative estimate of drug-likeness (QED) is 0.440. The Morgan fingerprint density at radius 3 is 2.75 bits per heavy atom. The van der Waals surface area contributed by atoms with Crippen molar-refractivity contribution in [2.24, 2.45) is 4.76 Å². The van der Waals surface area contributed by atoms with Crippen molar-refractivity contribution >= 4 is 21.4 Å². The molecule has 2 rings (SSSR count). The lowest BCUT2D eigenvalue weighted by molar-refractivity contribution is 0.394. The number of unbranched alkanes of at least 4 members (excludes halogenated alkanes) is 1. The third-order valence-electron chi connectivity index (χ3n) is 4.05. The molecule has 5 nitrogen and oxygen atoms in total. The minimum Gasteiger partial charge on any atom is -0.383 e. The second-order valence-corrected chi connectivity index (χ2v) is 6.03. The molecule has 0 spiro atoms. The van der Waals surface area contributed by atoms with Crippen LogP contribution in [-0.4, -0.2) is 16.0 Å². The van der Waals surface area contributed by atoms with Gasteiger partial charge in [0.15, 0.2) is 0 Å². The largest absolute Gasteiger partial charge is 0.383 e. The van der Waals surface area contributed by atoms with E-state index in [4.69, 9.17) is 10.8 Å². The number of nitrogens with two attached hydrogens (primary N) is 1. The first-order valence-corrected chi connectivity index (χ1v) is 8.79. The average molecular weight is 341 g/mol. The van der Waals surface area contributed by atoms with Gasteiger partial charge in [0.05, 0.1) is 6.04 Å². The number of aromatic nitrogens is 2. The van der Waals surface area contributed by atoms with E-state index in [2.05, 4.69) is 27.1 Å². The maximum atomic E-state index is 9.53. The van der Waals surface area contributed by atoms with Crippen molar-refractivity contribution in [2.45, 2.75) is 45.1 Å². The molecule has 2 aromatic rings. The highest BCUT2D eigenvalue weighted by Gasteiger charge is 2.21. The monoisotopic (exact) mass is 341 g/mol. The number of hydrogen-bond donors (Lipinski definition) is 1. The number of nitriles is 1. The summed E-state index contributed by atoms with van der Waals surface area (Å²) in [4.78, 5) is 0. The van der Waals surface area contributed by atoms with Gasteiger partial charge in [-0.2, -0.15) is 10.4 Å². The molecule has 6 heteroatoms. The summed E-state index contributed by atoms with van der Waals surface area (Å²) in [6, 6.07) is 12.2. The van der Waals surface area contributed by atoms with E-state index < -0.39 is 0 Å². The molecule has 0 saturated heterocycles. The highest BCUT2D eigenvalue weighted by atomic mass is 31.0. The topological polar surface area (TPSA) is 80.0 Å². The minimum atomic E-state index is 0.206. The van der Waals surface area contributed by atoms with Crippen molar-refractivity contribution in [1.29, 1.82) is 5.26 Å². The first kappa shape index (κ1) is 18.2. The summed E-state index contributed by atoms with van der Waals surface area (Å²) < 4.78 is 5.79. The third-order valence-corrected chi connectivity index (χ3v) is 4.26. The molecular weight excluding hydrogens is 317 g/mol. The van der Waals surface area contributed by atoms with Crippen LogP contribution in [0.2, 0.25) is 0 Å². The van der Waals surface area contributed by atoms with Gasteiger partial charge in [-0.25, -0.2) is 4.68 Å². The molecule has 0 aliphatic heterocycles. The van der Waals surface area contributed by atoms with Crippen molar-refractivity contribution in [2.75, 3.05) is 5.73 Å². The average Bonchev–Trinajstić information content (AvgIpc) is 2.95. The molecule has 0 saturated carbocycles. The lowest BCUT2D eigenvalue weighted by Gasteiger charge is -2.18. The van der Waals surface area contributed by atoms with Gasteiger partial charge in [-0.15, -0.1) is 0 Å². The van der Waals surface area contributed by atoms with Gasteiger partial charge >= 0.3 is 0 Å². The molecule has 126 valence electrons. The van der Waals surface area contributed by atoms with Gasteiger partial charge < -0.3 is 5.73 Å². The summed E-state index contributed by atoms with van der Waals surface area (Å²) in [5, 5.41) is 14.2. The summed E-state index contributed by atoms with van der Waals surface area (Å²) in [5.74, 6) is 0.467. The fraction of sp³-hybridized carbons (Fsp3) is 0.389. The molecular formula is C18H24N5P. The molecule has 2 unspecified atom stereocenters. The second kappa shape index (κ2) is 9.20. The number of benzene rings is 1. The van der Waals surface area contributed by atoms with Crippen LogP contribution in [0.4, 0.5) is 5.82 Å². The molecule has 2 atom stereocenters. The first-order valence-electron chi connectivity index (χ1n) is 8.28. The lowest BCUT2D eigenvalue weighted by atomic mass is 10.1. The standard InChI is InChI=1S/C18H24N5P/c1-2-8-15(11-6-7-12-21-24)23-18(20)16(13-19)17(22-23)14-9-4-3-5-10-14/h3-5,9-10,12,15H,2,6-8,11,20,24H2,1H3/b21-12+. The number of nitrogen functional groups attached to an aromatic ring is 1. The van der Waals surface area contributed by atoms with Crippen LogP contribution in [0, 0.1) is 11.3 Å².